The molecule has 0 bridgehead atoms. The van der Waals surface area contributed by atoms with Gasteiger partial charge in [-0.3, -0.25) is 4.90 Å². The minimum Gasteiger partial charge on any atom is -0.490 e. The first-order valence-electron chi connectivity index (χ1n) is 11.4. The van der Waals surface area contributed by atoms with Crippen molar-refractivity contribution < 1.29 is 14.6 Å². The topological polar surface area (TPSA) is 86.4 Å². The van der Waals surface area contributed by atoms with E-state index in [-0.39, 0.29) is 12.1 Å². The van der Waals surface area contributed by atoms with Crippen molar-refractivity contribution >= 4 is 17.4 Å². The van der Waals surface area contributed by atoms with Crippen LogP contribution in [0.1, 0.15) is 63.8 Å². The van der Waals surface area contributed by atoms with Crippen molar-refractivity contribution in [1.82, 2.24) is 9.88 Å². The molecule has 0 saturated carbocycles. The Bertz CT molecular complexity index is 1270. The van der Waals surface area contributed by atoms with Crippen molar-refractivity contribution in [2.24, 2.45) is 0 Å². The lowest BCUT2D eigenvalue weighted by molar-refractivity contribution is 0.0701. The highest BCUT2D eigenvalue weighted by atomic mass is 32.1. The average molecular weight is 476 g/mol. The van der Waals surface area contributed by atoms with Gasteiger partial charge in [0, 0.05) is 17.3 Å². The summed E-state index contributed by atoms with van der Waals surface area (Å²) < 4.78 is 5.74. The number of rotatable bonds is 5. The molecule has 0 fully saturated rings. The normalized spacial score (nSPS) is 15.1. The van der Waals surface area contributed by atoms with E-state index in [1.807, 2.05) is 71.1 Å². The second kappa shape index (κ2) is 9.11. The predicted octanol–water partition coefficient (Wildman–Crippen LogP) is 6.90. The zero-order valence-electron chi connectivity index (χ0n) is 20.1. The zero-order chi connectivity index (χ0) is 24.6. The molecule has 2 aromatic carbocycles. The van der Waals surface area contributed by atoms with E-state index < -0.39 is 11.6 Å². The van der Waals surface area contributed by atoms with Gasteiger partial charge in [-0.1, -0.05) is 18.2 Å². The Balaban J connectivity index is 1.68. The van der Waals surface area contributed by atoms with Gasteiger partial charge in [0.25, 0.3) is 0 Å². The van der Waals surface area contributed by atoms with Gasteiger partial charge >= 0.3 is 6.09 Å². The maximum absolute atomic E-state index is 12.1. The molecule has 1 unspecified atom stereocenters. The van der Waals surface area contributed by atoms with Crippen LogP contribution in [0, 0.1) is 11.3 Å². The molecule has 34 heavy (non-hydrogen) atoms. The minimum absolute atomic E-state index is 0.00714. The highest BCUT2D eigenvalue weighted by molar-refractivity contribution is 7.18. The van der Waals surface area contributed by atoms with Crippen molar-refractivity contribution in [3.63, 3.8) is 0 Å². The van der Waals surface area contributed by atoms with Crippen molar-refractivity contribution in [1.29, 1.82) is 5.26 Å². The molecule has 4 rings (SSSR count). The van der Waals surface area contributed by atoms with Gasteiger partial charge in [0.05, 0.1) is 22.6 Å². The molecule has 0 saturated heterocycles. The number of thiazole rings is 1. The lowest BCUT2D eigenvalue weighted by Gasteiger charge is -2.38. The van der Waals surface area contributed by atoms with E-state index in [4.69, 9.17) is 9.72 Å². The summed E-state index contributed by atoms with van der Waals surface area (Å²) in [5.41, 5.74) is 4.21. The second-order valence-electron chi connectivity index (χ2n) is 9.77. The average Bonchev–Trinajstić information content (AvgIpc) is 3.40. The fourth-order valence-electron chi connectivity index (χ4n) is 4.65. The summed E-state index contributed by atoms with van der Waals surface area (Å²) in [7, 11) is 0. The quantitative estimate of drug-likeness (QED) is 0.434. The summed E-state index contributed by atoms with van der Waals surface area (Å²) in [6.07, 6.45) is 2.50. The summed E-state index contributed by atoms with van der Waals surface area (Å²) in [4.78, 5) is 19.3. The number of benzene rings is 2. The van der Waals surface area contributed by atoms with Gasteiger partial charge in [-0.25, -0.2) is 9.78 Å². The van der Waals surface area contributed by atoms with Crippen LogP contribution in [-0.2, 0) is 6.42 Å². The van der Waals surface area contributed by atoms with Gasteiger partial charge in [-0.15, -0.1) is 11.3 Å². The Hall–Kier alpha value is -3.37. The maximum atomic E-state index is 12.1. The van der Waals surface area contributed by atoms with Crippen molar-refractivity contribution in [3.05, 3.63) is 59.3 Å². The molecule has 1 N–H and O–H groups in total. The third kappa shape index (κ3) is 4.51. The number of nitrogens with zero attached hydrogens (tertiary/aromatic N) is 3. The molecular formula is C27H29N3O3S. The highest BCUT2D eigenvalue weighted by Crippen LogP contribution is 2.44. The van der Waals surface area contributed by atoms with Crippen LogP contribution in [-0.4, -0.2) is 32.7 Å². The van der Waals surface area contributed by atoms with Crippen LogP contribution in [0.4, 0.5) is 4.79 Å². The predicted molar refractivity (Wildman–Crippen MR) is 134 cm³/mol. The molecule has 6 nitrogen and oxygen atoms in total. The summed E-state index contributed by atoms with van der Waals surface area (Å²) in [5.74, 6) is 0.583. The number of fused-ring (bicyclic) bond motifs is 1. The monoisotopic (exact) mass is 475 g/mol. The van der Waals surface area contributed by atoms with Crippen molar-refractivity contribution in [2.45, 2.75) is 65.1 Å². The fourth-order valence-corrected chi connectivity index (χ4v) is 5.61. The third-order valence-corrected chi connectivity index (χ3v) is 7.04. The fraction of sp³-hybridized carbons (Fsp3) is 0.370. The molecule has 0 spiro atoms. The summed E-state index contributed by atoms with van der Waals surface area (Å²) in [6, 6.07) is 13.8. The Labute approximate surface area is 204 Å². The largest absolute Gasteiger partial charge is 0.490 e. The maximum Gasteiger partial charge on any atom is 0.408 e. The molecule has 0 radical (unpaired) electrons. The summed E-state index contributed by atoms with van der Waals surface area (Å²) >= 11 is 1.57. The van der Waals surface area contributed by atoms with Gasteiger partial charge in [0.2, 0.25) is 0 Å². The highest BCUT2D eigenvalue weighted by Gasteiger charge is 2.38. The van der Waals surface area contributed by atoms with Crippen LogP contribution in [0.15, 0.2) is 42.6 Å². The smallest absolute Gasteiger partial charge is 0.408 e. The van der Waals surface area contributed by atoms with Gasteiger partial charge in [0.1, 0.15) is 16.8 Å². The molecule has 1 aliphatic rings. The molecule has 176 valence electrons. The van der Waals surface area contributed by atoms with E-state index >= 15 is 0 Å². The number of hydrogen-bond donors (Lipinski definition) is 1. The molecular weight excluding hydrogens is 446 g/mol. The van der Waals surface area contributed by atoms with E-state index in [1.54, 1.807) is 16.2 Å². The van der Waals surface area contributed by atoms with Crippen LogP contribution >= 0.6 is 11.3 Å². The van der Waals surface area contributed by atoms with Gasteiger partial charge in [-0.2, -0.15) is 5.26 Å². The van der Waals surface area contributed by atoms with E-state index in [2.05, 4.69) is 12.1 Å². The van der Waals surface area contributed by atoms with Crippen LogP contribution in [0.25, 0.3) is 21.0 Å². The Kier molecular flexibility index (Phi) is 6.37. The molecule has 1 aliphatic carbocycles. The molecule has 7 heteroatoms. The first-order valence-corrected chi connectivity index (χ1v) is 12.2. The zero-order valence-corrected chi connectivity index (χ0v) is 20.9. The van der Waals surface area contributed by atoms with Crippen LogP contribution in [0.2, 0.25) is 0 Å². The number of ether oxygens (including phenoxy) is 1. The minimum atomic E-state index is -0.898. The number of carbonyl (C=O) groups is 1. The first kappa shape index (κ1) is 23.8. The molecule has 1 atom stereocenters. The second-order valence-corrected chi connectivity index (χ2v) is 10.8. The number of hydrogen-bond acceptors (Lipinski definition) is 5. The summed E-state index contributed by atoms with van der Waals surface area (Å²) in [5, 5.41) is 20.4. The van der Waals surface area contributed by atoms with Gasteiger partial charge in [0.15, 0.2) is 0 Å². The van der Waals surface area contributed by atoms with Crippen LogP contribution in [0.3, 0.4) is 0 Å². The first-order chi connectivity index (χ1) is 16.1. The summed E-state index contributed by atoms with van der Waals surface area (Å²) in [6.45, 7) is 9.67. The molecule has 1 heterocycles. The number of nitriles is 1. The van der Waals surface area contributed by atoms with E-state index in [0.29, 0.717) is 11.3 Å². The molecule has 3 aromatic rings. The van der Waals surface area contributed by atoms with E-state index in [0.717, 1.165) is 39.4 Å². The van der Waals surface area contributed by atoms with Crippen molar-refractivity contribution in [2.75, 3.05) is 0 Å². The van der Waals surface area contributed by atoms with E-state index in [9.17, 15) is 15.2 Å². The molecule has 0 aliphatic heterocycles. The number of aromatic nitrogens is 1. The Morgan fingerprint density at radius 1 is 1.29 bits per heavy atom. The Morgan fingerprint density at radius 2 is 2.06 bits per heavy atom. The number of amides is 1. The van der Waals surface area contributed by atoms with Gasteiger partial charge < -0.3 is 9.84 Å². The SMILES string of the molecule is CC(C)Oc1ccc(-c2cnc(-c3cccc4c3CCC4N(C(=O)O)C(C)(C)C)s2)cc1C#N. The third-order valence-electron chi connectivity index (χ3n) is 5.96. The van der Waals surface area contributed by atoms with E-state index in [1.165, 1.54) is 5.56 Å². The molecule has 1 amide bonds. The number of carboxylic acid groups (broad SMARTS) is 1. The Morgan fingerprint density at radius 3 is 2.71 bits per heavy atom. The lowest BCUT2D eigenvalue weighted by Crippen LogP contribution is -2.46. The van der Waals surface area contributed by atoms with Crippen LogP contribution < -0.4 is 4.74 Å². The van der Waals surface area contributed by atoms with Gasteiger partial charge in [-0.05, 0) is 82.3 Å². The standard InChI is InChI=1S/C27H29N3O3S/c1-16(2)33-23-12-9-17(13-18(23)14-28)24-15-29-25(34-24)21-8-6-7-20-19(21)10-11-22(20)30(26(31)32)27(3,4)5/h6-9,12-13,15-16,22H,10-11H2,1-5H3,(H,31,32). The van der Waals surface area contributed by atoms with Crippen LogP contribution in [0.5, 0.6) is 5.75 Å². The lowest BCUT2D eigenvalue weighted by atomic mass is 9.98. The molecule has 1 aromatic heterocycles. The van der Waals surface area contributed by atoms with Crippen molar-refractivity contribution in [3.8, 4) is 32.8 Å².